The number of hydrogen-bond donors (Lipinski definition) is 1. The van der Waals surface area contributed by atoms with Gasteiger partial charge in [-0.3, -0.25) is 0 Å². The SMILES string of the molecule is COc1cc(F)c(OC)c(CC(C)N)c1OC. The molecule has 2 N–H and O–H groups in total. The third kappa shape index (κ3) is 2.79. The van der Waals surface area contributed by atoms with Gasteiger partial charge in [0.15, 0.2) is 23.1 Å². The second-order valence-electron chi connectivity index (χ2n) is 3.79. The summed E-state index contributed by atoms with van der Waals surface area (Å²) >= 11 is 0. The highest BCUT2D eigenvalue weighted by atomic mass is 19.1. The van der Waals surface area contributed by atoms with Crippen LogP contribution in [0, 0.1) is 5.82 Å². The molecule has 1 aromatic rings. The van der Waals surface area contributed by atoms with Gasteiger partial charge in [0.25, 0.3) is 0 Å². The molecule has 0 aliphatic heterocycles. The molecule has 0 saturated heterocycles. The van der Waals surface area contributed by atoms with E-state index in [1.54, 1.807) is 0 Å². The molecule has 0 amide bonds. The van der Waals surface area contributed by atoms with Crippen molar-refractivity contribution in [2.75, 3.05) is 21.3 Å². The molecule has 1 unspecified atom stereocenters. The van der Waals surface area contributed by atoms with Crippen molar-refractivity contribution in [3.63, 3.8) is 0 Å². The van der Waals surface area contributed by atoms with E-state index in [0.717, 1.165) is 0 Å². The average Bonchev–Trinajstić information content (AvgIpc) is 2.28. The van der Waals surface area contributed by atoms with Crippen molar-refractivity contribution >= 4 is 0 Å². The lowest BCUT2D eigenvalue weighted by Gasteiger charge is -2.18. The van der Waals surface area contributed by atoms with E-state index in [2.05, 4.69) is 0 Å². The van der Waals surface area contributed by atoms with Crippen LogP contribution < -0.4 is 19.9 Å². The topological polar surface area (TPSA) is 53.7 Å². The Balaban J connectivity index is 3.41. The summed E-state index contributed by atoms with van der Waals surface area (Å²) in [5, 5.41) is 0. The fourth-order valence-corrected chi connectivity index (χ4v) is 1.75. The van der Waals surface area contributed by atoms with Crippen LogP contribution >= 0.6 is 0 Å². The van der Waals surface area contributed by atoms with Crippen molar-refractivity contribution in [1.29, 1.82) is 0 Å². The fraction of sp³-hybridized carbons (Fsp3) is 0.500. The van der Waals surface area contributed by atoms with E-state index >= 15 is 0 Å². The Kier molecular flexibility index (Phi) is 4.57. The van der Waals surface area contributed by atoms with Crippen molar-refractivity contribution in [3.8, 4) is 17.2 Å². The minimum atomic E-state index is -0.485. The van der Waals surface area contributed by atoms with Gasteiger partial charge in [-0.25, -0.2) is 4.39 Å². The maximum atomic E-state index is 13.8. The van der Waals surface area contributed by atoms with Gasteiger partial charge in [-0.15, -0.1) is 0 Å². The number of rotatable bonds is 5. The van der Waals surface area contributed by atoms with Crippen LogP contribution in [0.3, 0.4) is 0 Å². The van der Waals surface area contributed by atoms with Gasteiger partial charge in [0.05, 0.1) is 21.3 Å². The van der Waals surface area contributed by atoms with Gasteiger partial charge >= 0.3 is 0 Å². The molecule has 0 fully saturated rings. The number of benzene rings is 1. The summed E-state index contributed by atoms with van der Waals surface area (Å²) in [4.78, 5) is 0. The lowest BCUT2D eigenvalue weighted by Crippen LogP contribution is -2.19. The summed E-state index contributed by atoms with van der Waals surface area (Å²) in [5.41, 5.74) is 6.32. The van der Waals surface area contributed by atoms with E-state index in [1.165, 1.54) is 27.4 Å². The van der Waals surface area contributed by atoms with Crippen molar-refractivity contribution < 1.29 is 18.6 Å². The van der Waals surface area contributed by atoms with Crippen LogP contribution in [-0.4, -0.2) is 27.4 Å². The largest absolute Gasteiger partial charge is 0.493 e. The van der Waals surface area contributed by atoms with Crippen molar-refractivity contribution in [2.24, 2.45) is 5.73 Å². The van der Waals surface area contributed by atoms with Crippen LogP contribution in [-0.2, 0) is 6.42 Å². The number of nitrogens with two attached hydrogens (primary N) is 1. The van der Waals surface area contributed by atoms with E-state index in [-0.39, 0.29) is 11.8 Å². The second kappa shape index (κ2) is 5.72. The Bertz CT molecular complexity index is 394. The van der Waals surface area contributed by atoms with Gasteiger partial charge < -0.3 is 19.9 Å². The maximum Gasteiger partial charge on any atom is 0.169 e. The van der Waals surface area contributed by atoms with Crippen LogP contribution in [0.1, 0.15) is 12.5 Å². The molecule has 0 heterocycles. The quantitative estimate of drug-likeness (QED) is 0.855. The molecule has 0 spiro atoms. The molecule has 0 radical (unpaired) electrons. The molecular weight excluding hydrogens is 225 g/mol. The molecule has 1 rings (SSSR count). The molecule has 0 saturated carbocycles. The highest BCUT2D eigenvalue weighted by molar-refractivity contribution is 5.55. The van der Waals surface area contributed by atoms with Gasteiger partial charge in [-0.05, 0) is 13.3 Å². The predicted octanol–water partition coefficient (Wildman–Crippen LogP) is 1.74. The summed E-state index contributed by atoms with van der Waals surface area (Å²) in [7, 11) is 4.37. The van der Waals surface area contributed by atoms with Gasteiger partial charge in [0.2, 0.25) is 0 Å². The predicted molar refractivity (Wildman–Crippen MR) is 63.4 cm³/mol. The van der Waals surface area contributed by atoms with E-state index < -0.39 is 5.82 Å². The zero-order valence-electron chi connectivity index (χ0n) is 10.5. The molecule has 17 heavy (non-hydrogen) atoms. The molecule has 1 atom stereocenters. The van der Waals surface area contributed by atoms with E-state index in [0.29, 0.717) is 23.5 Å². The zero-order chi connectivity index (χ0) is 13.0. The van der Waals surface area contributed by atoms with Crippen LogP contribution in [0.2, 0.25) is 0 Å². The second-order valence-corrected chi connectivity index (χ2v) is 3.79. The third-order valence-electron chi connectivity index (χ3n) is 2.40. The smallest absolute Gasteiger partial charge is 0.169 e. The monoisotopic (exact) mass is 243 g/mol. The molecule has 5 heteroatoms. The van der Waals surface area contributed by atoms with Crippen LogP contribution in [0.15, 0.2) is 6.07 Å². The third-order valence-corrected chi connectivity index (χ3v) is 2.40. The standard InChI is InChI=1S/C12H18FNO3/c1-7(14)5-8-11(16-3)9(13)6-10(15-2)12(8)17-4/h6-7H,5,14H2,1-4H3. The Morgan fingerprint density at radius 1 is 1.18 bits per heavy atom. The Labute approximate surface area is 100 Å². The van der Waals surface area contributed by atoms with Crippen LogP contribution in [0.4, 0.5) is 4.39 Å². The number of hydrogen-bond acceptors (Lipinski definition) is 4. The molecule has 0 aliphatic rings. The molecule has 4 nitrogen and oxygen atoms in total. The average molecular weight is 243 g/mol. The normalized spacial score (nSPS) is 12.1. The van der Waals surface area contributed by atoms with Gasteiger partial charge in [0, 0.05) is 17.7 Å². The lowest BCUT2D eigenvalue weighted by atomic mass is 10.0. The van der Waals surface area contributed by atoms with E-state index in [9.17, 15) is 4.39 Å². The van der Waals surface area contributed by atoms with Crippen molar-refractivity contribution in [2.45, 2.75) is 19.4 Å². The molecule has 96 valence electrons. The van der Waals surface area contributed by atoms with Crippen molar-refractivity contribution in [1.82, 2.24) is 0 Å². The highest BCUT2D eigenvalue weighted by Gasteiger charge is 2.21. The summed E-state index contributed by atoms with van der Waals surface area (Å²) < 4.78 is 29.1. The minimum absolute atomic E-state index is 0.135. The summed E-state index contributed by atoms with van der Waals surface area (Å²) in [6.45, 7) is 1.83. The maximum absolute atomic E-state index is 13.8. The summed E-state index contributed by atoms with van der Waals surface area (Å²) in [6, 6.07) is 1.10. The molecular formula is C12H18FNO3. The lowest BCUT2D eigenvalue weighted by molar-refractivity contribution is 0.332. The fourth-order valence-electron chi connectivity index (χ4n) is 1.75. The zero-order valence-corrected chi connectivity index (χ0v) is 10.5. The Morgan fingerprint density at radius 3 is 2.18 bits per heavy atom. The number of ether oxygens (including phenoxy) is 3. The first kappa shape index (κ1) is 13.6. The molecule has 0 aromatic heterocycles. The van der Waals surface area contributed by atoms with Gasteiger partial charge in [0.1, 0.15) is 0 Å². The number of halogens is 1. The highest BCUT2D eigenvalue weighted by Crippen LogP contribution is 2.40. The summed E-state index contributed by atoms with van der Waals surface area (Å²) in [5.74, 6) is 0.463. The molecule has 0 bridgehead atoms. The molecule has 1 aromatic carbocycles. The first-order valence-corrected chi connectivity index (χ1v) is 5.28. The van der Waals surface area contributed by atoms with Crippen molar-refractivity contribution in [3.05, 3.63) is 17.4 Å². The van der Waals surface area contributed by atoms with Gasteiger partial charge in [-0.1, -0.05) is 0 Å². The van der Waals surface area contributed by atoms with Crippen LogP contribution in [0.25, 0.3) is 0 Å². The number of methoxy groups -OCH3 is 3. The first-order valence-electron chi connectivity index (χ1n) is 5.28. The first-order chi connectivity index (χ1) is 8.04. The van der Waals surface area contributed by atoms with Gasteiger partial charge in [-0.2, -0.15) is 0 Å². The minimum Gasteiger partial charge on any atom is -0.493 e. The van der Waals surface area contributed by atoms with E-state index in [1.807, 2.05) is 6.92 Å². The molecule has 0 aliphatic carbocycles. The Morgan fingerprint density at radius 2 is 1.76 bits per heavy atom. The summed E-state index contributed by atoms with van der Waals surface area (Å²) in [6.07, 6.45) is 0.445. The van der Waals surface area contributed by atoms with Crippen LogP contribution in [0.5, 0.6) is 17.2 Å². The van der Waals surface area contributed by atoms with E-state index in [4.69, 9.17) is 19.9 Å². The Hall–Kier alpha value is -1.49.